The molecule has 0 saturated heterocycles. The Labute approximate surface area is 94.4 Å². The second-order valence-corrected chi connectivity index (χ2v) is 6.21. The summed E-state index contributed by atoms with van der Waals surface area (Å²) in [6, 6.07) is -0.481. The zero-order valence-electron chi connectivity index (χ0n) is 10.1. The average Bonchev–Trinajstić information content (AvgIpc) is 2.12. The lowest BCUT2D eigenvalue weighted by molar-refractivity contribution is -0.145. The number of rotatable bonds is 5. The Kier molecular flexibility index (Phi) is 6.05. The van der Waals surface area contributed by atoms with E-state index in [0.717, 1.165) is 0 Å². The second-order valence-electron chi connectivity index (χ2n) is 4.21. The first kappa shape index (κ1) is 14.6. The van der Waals surface area contributed by atoms with E-state index in [2.05, 4.69) is 4.72 Å². The zero-order chi connectivity index (χ0) is 12.1. The molecule has 0 aliphatic carbocycles. The summed E-state index contributed by atoms with van der Waals surface area (Å²) in [4.78, 5) is 11.4. The quantitative estimate of drug-likeness (QED) is 0.732. The Morgan fingerprint density at radius 3 is 2.27 bits per heavy atom. The van der Waals surface area contributed by atoms with Gasteiger partial charge in [-0.2, -0.15) is 0 Å². The number of esters is 1. The molecule has 2 atom stereocenters. The zero-order valence-corrected chi connectivity index (χ0v) is 10.9. The molecule has 0 aromatic heterocycles. The predicted molar refractivity (Wildman–Crippen MR) is 61.7 cm³/mol. The van der Waals surface area contributed by atoms with Gasteiger partial charge in [0.1, 0.15) is 6.04 Å². The van der Waals surface area contributed by atoms with E-state index in [0.29, 0.717) is 13.0 Å². The number of carbonyl (C=O) groups excluding carboxylic acids is 1. The number of carbonyl (C=O) groups is 1. The molecule has 15 heavy (non-hydrogen) atoms. The largest absolute Gasteiger partial charge is 0.465 e. The van der Waals surface area contributed by atoms with Crippen LogP contribution in [-0.2, 0) is 20.5 Å². The van der Waals surface area contributed by atoms with E-state index >= 15 is 0 Å². The summed E-state index contributed by atoms with van der Waals surface area (Å²) in [5, 5.41) is 0. The first-order valence-corrected chi connectivity index (χ1v) is 6.32. The second kappa shape index (κ2) is 6.23. The van der Waals surface area contributed by atoms with Gasteiger partial charge in [0.05, 0.1) is 22.3 Å². The molecule has 0 aliphatic rings. The molecule has 5 heteroatoms. The summed E-state index contributed by atoms with van der Waals surface area (Å²) in [7, 11) is -1.24. The summed E-state index contributed by atoms with van der Waals surface area (Å²) in [5.41, 5.74) is 0. The maximum absolute atomic E-state index is 11.7. The van der Waals surface area contributed by atoms with Crippen molar-refractivity contribution in [2.45, 2.75) is 51.8 Å². The maximum Gasteiger partial charge on any atom is 0.324 e. The predicted octanol–water partition coefficient (Wildman–Crippen LogP) is 1.38. The normalized spacial score (nSPS) is 15.8. The van der Waals surface area contributed by atoms with E-state index in [1.807, 2.05) is 27.7 Å². The van der Waals surface area contributed by atoms with Crippen LogP contribution in [0.15, 0.2) is 0 Å². The average molecular weight is 235 g/mol. The minimum absolute atomic E-state index is 0.336. The Balaban J connectivity index is 4.34. The Morgan fingerprint density at radius 2 is 1.93 bits per heavy atom. The fourth-order valence-corrected chi connectivity index (χ4v) is 1.72. The van der Waals surface area contributed by atoms with E-state index in [4.69, 9.17) is 4.74 Å². The molecule has 0 saturated carbocycles. The summed E-state index contributed by atoms with van der Waals surface area (Å²) in [5.74, 6) is -0.336. The molecule has 0 amide bonds. The molecule has 90 valence electrons. The van der Waals surface area contributed by atoms with Gasteiger partial charge < -0.3 is 4.74 Å². The number of hydrogen-bond acceptors (Lipinski definition) is 3. The van der Waals surface area contributed by atoms with Crippen molar-refractivity contribution in [1.29, 1.82) is 0 Å². The van der Waals surface area contributed by atoms with Gasteiger partial charge in [-0.15, -0.1) is 0 Å². The van der Waals surface area contributed by atoms with Gasteiger partial charge >= 0.3 is 5.97 Å². The first-order chi connectivity index (χ1) is 6.82. The lowest BCUT2D eigenvalue weighted by Crippen LogP contribution is -2.44. The Bertz CT molecular complexity index is 235. The highest BCUT2D eigenvalue weighted by molar-refractivity contribution is 7.84. The molecule has 1 N–H and O–H groups in total. The lowest BCUT2D eigenvalue weighted by Gasteiger charge is -2.22. The van der Waals surface area contributed by atoms with Crippen LogP contribution in [0.5, 0.6) is 0 Å². The molecule has 0 fully saturated rings. The van der Waals surface area contributed by atoms with E-state index in [9.17, 15) is 9.00 Å². The molecule has 0 heterocycles. The van der Waals surface area contributed by atoms with Crippen molar-refractivity contribution in [2.24, 2.45) is 0 Å². The van der Waals surface area contributed by atoms with Crippen LogP contribution < -0.4 is 4.72 Å². The molecule has 0 aromatic carbocycles. The van der Waals surface area contributed by atoms with Crippen LogP contribution >= 0.6 is 0 Å². The standard InChI is InChI=1S/C10H21NO3S/c1-6-8(9(12)14-7-2)11-15(13)10(3,4)5/h8,11H,6-7H2,1-5H3/t8-,15+/m0/s1. The van der Waals surface area contributed by atoms with Crippen molar-refractivity contribution in [2.75, 3.05) is 6.61 Å². The van der Waals surface area contributed by atoms with Crippen LogP contribution in [0.2, 0.25) is 0 Å². The molecule has 0 bridgehead atoms. The van der Waals surface area contributed by atoms with Crippen LogP contribution in [0.1, 0.15) is 41.0 Å². The monoisotopic (exact) mass is 235 g/mol. The van der Waals surface area contributed by atoms with Crippen LogP contribution in [0.25, 0.3) is 0 Å². The summed E-state index contributed by atoms with van der Waals surface area (Å²) >= 11 is 0. The summed E-state index contributed by atoms with van der Waals surface area (Å²) < 4.78 is 19.0. The van der Waals surface area contributed by atoms with Crippen molar-refractivity contribution in [1.82, 2.24) is 4.72 Å². The summed E-state index contributed by atoms with van der Waals surface area (Å²) in [6.07, 6.45) is 0.570. The molecule has 0 rings (SSSR count). The smallest absolute Gasteiger partial charge is 0.324 e. The van der Waals surface area contributed by atoms with Gasteiger partial charge in [-0.3, -0.25) is 4.79 Å². The van der Waals surface area contributed by atoms with E-state index < -0.39 is 17.0 Å². The summed E-state index contributed by atoms with van der Waals surface area (Å²) in [6.45, 7) is 9.52. The third-order valence-electron chi connectivity index (χ3n) is 1.78. The molecule has 0 aliphatic heterocycles. The molecular formula is C10H21NO3S. The van der Waals surface area contributed by atoms with Gasteiger partial charge in [-0.25, -0.2) is 8.93 Å². The van der Waals surface area contributed by atoms with Crippen LogP contribution in [-0.4, -0.2) is 27.6 Å². The van der Waals surface area contributed by atoms with Crippen LogP contribution in [0.4, 0.5) is 0 Å². The third-order valence-corrected chi connectivity index (χ3v) is 3.40. The van der Waals surface area contributed by atoms with Gasteiger partial charge in [0.2, 0.25) is 0 Å². The van der Waals surface area contributed by atoms with E-state index in [-0.39, 0.29) is 10.7 Å². The van der Waals surface area contributed by atoms with Crippen molar-refractivity contribution >= 4 is 17.0 Å². The van der Waals surface area contributed by atoms with Crippen molar-refractivity contribution in [3.05, 3.63) is 0 Å². The highest BCUT2D eigenvalue weighted by Gasteiger charge is 2.26. The van der Waals surface area contributed by atoms with Gasteiger partial charge in [0, 0.05) is 0 Å². The molecule has 0 unspecified atom stereocenters. The van der Waals surface area contributed by atoms with Crippen LogP contribution in [0, 0.1) is 0 Å². The Hall–Kier alpha value is -0.420. The fourth-order valence-electron chi connectivity index (χ4n) is 0.847. The van der Waals surface area contributed by atoms with E-state index in [1.54, 1.807) is 6.92 Å². The fraction of sp³-hybridized carbons (Fsp3) is 0.900. The molecule has 0 radical (unpaired) electrons. The molecule has 4 nitrogen and oxygen atoms in total. The number of hydrogen-bond donors (Lipinski definition) is 1. The van der Waals surface area contributed by atoms with Crippen molar-refractivity contribution < 1.29 is 13.7 Å². The van der Waals surface area contributed by atoms with Gasteiger partial charge in [-0.05, 0) is 34.1 Å². The third kappa shape index (κ3) is 5.28. The van der Waals surface area contributed by atoms with Crippen LogP contribution in [0.3, 0.4) is 0 Å². The van der Waals surface area contributed by atoms with Crippen molar-refractivity contribution in [3.8, 4) is 0 Å². The van der Waals surface area contributed by atoms with Gasteiger partial charge in [0.25, 0.3) is 0 Å². The van der Waals surface area contributed by atoms with Crippen molar-refractivity contribution in [3.63, 3.8) is 0 Å². The molecule has 0 aromatic rings. The Morgan fingerprint density at radius 1 is 1.40 bits per heavy atom. The highest BCUT2D eigenvalue weighted by Crippen LogP contribution is 2.10. The van der Waals surface area contributed by atoms with E-state index in [1.165, 1.54) is 0 Å². The maximum atomic E-state index is 11.7. The lowest BCUT2D eigenvalue weighted by atomic mass is 10.2. The minimum atomic E-state index is -1.24. The SMILES string of the molecule is CCOC(=O)[C@H](CC)N[S@](=O)C(C)(C)C. The number of ether oxygens (including phenoxy) is 1. The highest BCUT2D eigenvalue weighted by atomic mass is 32.2. The van der Waals surface area contributed by atoms with Gasteiger partial charge in [0.15, 0.2) is 0 Å². The van der Waals surface area contributed by atoms with Gasteiger partial charge in [-0.1, -0.05) is 6.92 Å². The number of nitrogens with one attached hydrogen (secondary N) is 1. The minimum Gasteiger partial charge on any atom is -0.465 e. The first-order valence-electron chi connectivity index (χ1n) is 5.17. The molecular weight excluding hydrogens is 214 g/mol. The topological polar surface area (TPSA) is 55.4 Å². The molecule has 0 spiro atoms.